The van der Waals surface area contributed by atoms with Crippen molar-refractivity contribution in [2.24, 2.45) is 5.92 Å². The number of rotatable bonds is 7. The first-order valence-electron chi connectivity index (χ1n) is 7.18. The molecule has 1 N–H and O–H groups in total. The number of benzene rings is 1. The van der Waals surface area contributed by atoms with Crippen LogP contribution in [0.5, 0.6) is 11.5 Å². The van der Waals surface area contributed by atoms with Crippen LogP contribution in [-0.2, 0) is 9.59 Å². The molecule has 22 heavy (non-hydrogen) atoms. The zero-order valence-electron chi connectivity index (χ0n) is 13.8. The zero-order valence-corrected chi connectivity index (χ0v) is 13.8. The third kappa shape index (κ3) is 4.65. The van der Waals surface area contributed by atoms with E-state index in [-0.39, 0.29) is 17.7 Å². The van der Waals surface area contributed by atoms with Crippen LogP contribution in [0.25, 0.3) is 0 Å². The van der Waals surface area contributed by atoms with Gasteiger partial charge in [-0.25, -0.2) is 0 Å². The highest BCUT2D eigenvalue weighted by molar-refractivity contribution is 5.92. The maximum absolute atomic E-state index is 11.8. The van der Waals surface area contributed by atoms with E-state index in [1.54, 1.807) is 37.3 Å². The van der Waals surface area contributed by atoms with Crippen LogP contribution in [0.2, 0.25) is 0 Å². The van der Waals surface area contributed by atoms with Crippen molar-refractivity contribution in [3.63, 3.8) is 0 Å². The van der Waals surface area contributed by atoms with E-state index in [9.17, 15) is 9.59 Å². The third-order valence-electron chi connectivity index (χ3n) is 3.22. The zero-order chi connectivity index (χ0) is 16.7. The van der Waals surface area contributed by atoms with E-state index in [0.29, 0.717) is 30.3 Å². The number of nitrogens with zero attached hydrogens (tertiary/aromatic N) is 1. The van der Waals surface area contributed by atoms with Crippen LogP contribution in [-0.4, -0.2) is 39.1 Å². The summed E-state index contributed by atoms with van der Waals surface area (Å²) in [5.74, 6) is 0.939. The van der Waals surface area contributed by atoms with E-state index in [0.717, 1.165) is 0 Å². The minimum absolute atomic E-state index is 0.0317. The van der Waals surface area contributed by atoms with Crippen molar-refractivity contribution in [2.45, 2.75) is 20.8 Å². The number of nitrogens with one attached hydrogen (secondary N) is 1. The van der Waals surface area contributed by atoms with Crippen molar-refractivity contribution in [2.75, 3.05) is 32.2 Å². The Hall–Kier alpha value is -2.24. The molecule has 6 heteroatoms. The van der Waals surface area contributed by atoms with E-state index >= 15 is 0 Å². The normalized spacial score (nSPS) is 10.3. The second-order valence-electron chi connectivity index (χ2n) is 5.16. The summed E-state index contributed by atoms with van der Waals surface area (Å²) in [4.78, 5) is 25.0. The van der Waals surface area contributed by atoms with Crippen molar-refractivity contribution < 1.29 is 19.1 Å². The molecule has 0 aliphatic carbocycles. The molecule has 0 atom stereocenters. The van der Waals surface area contributed by atoms with Crippen LogP contribution in [0.1, 0.15) is 20.8 Å². The molecule has 0 aliphatic heterocycles. The molecule has 0 aliphatic rings. The van der Waals surface area contributed by atoms with Crippen LogP contribution in [0.15, 0.2) is 18.2 Å². The van der Waals surface area contributed by atoms with Gasteiger partial charge >= 0.3 is 0 Å². The van der Waals surface area contributed by atoms with E-state index in [1.165, 1.54) is 6.92 Å². The van der Waals surface area contributed by atoms with Gasteiger partial charge in [0.1, 0.15) is 0 Å². The smallest absolute Gasteiger partial charge is 0.223 e. The number of carbonyl (C=O) groups is 2. The van der Waals surface area contributed by atoms with Crippen molar-refractivity contribution in [1.82, 2.24) is 5.32 Å². The summed E-state index contributed by atoms with van der Waals surface area (Å²) in [6, 6.07) is 5.27. The predicted molar refractivity (Wildman–Crippen MR) is 85.4 cm³/mol. The molecule has 1 rings (SSSR count). The van der Waals surface area contributed by atoms with Gasteiger partial charge in [-0.15, -0.1) is 0 Å². The number of ether oxygens (including phenoxy) is 2. The van der Waals surface area contributed by atoms with Gasteiger partial charge in [0.25, 0.3) is 0 Å². The molecule has 0 unspecified atom stereocenters. The van der Waals surface area contributed by atoms with Gasteiger partial charge < -0.3 is 19.7 Å². The second-order valence-corrected chi connectivity index (χ2v) is 5.16. The van der Waals surface area contributed by atoms with Crippen molar-refractivity contribution in [3.8, 4) is 11.5 Å². The van der Waals surface area contributed by atoms with E-state index in [1.807, 2.05) is 13.8 Å². The summed E-state index contributed by atoms with van der Waals surface area (Å²) >= 11 is 0. The molecule has 0 saturated heterocycles. The van der Waals surface area contributed by atoms with E-state index in [2.05, 4.69) is 5.32 Å². The first-order chi connectivity index (χ1) is 10.4. The summed E-state index contributed by atoms with van der Waals surface area (Å²) in [5, 5.41) is 2.80. The van der Waals surface area contributed by atoms with Gasteiger partial charge in [-0.3, -0.25) is 9.59 Å². The lowest BCUT2D eigenvalue weighted by atomic mass is 10.2. The standard InChI is InChI=1S/C16H24N2O4/c1-11(2)16(20)17-8-9-18(12(3)19)13-6-7-14(21-4)15(10-13)22-5/h6-7,10-11H,8-9H2,1-5H3,(H,17,20). The van der Waals surface area contributed by atoms with Gasteiger partial charge in [0, 0.05) is 37.7 Å². The molecule has 0 bridgehead atoms. The second kappa shape index (κ2) is 8.26. The predicted octanol–water partition coefficient (Wildman–Crippen LogP) is 1.83. The first kappa shape index (κ1) is 17.8. The average Bonchev–Trinajstić information content (AvgIpc) is 2.50. The van der Waals surface area contributed by atoms with Gasteiger partial charge in [0.2, 0.25) is 11.8 Å². The fourth-order valence-corrected chi connectivity index (χ4v) is 1.96. The van der Waals surface area contributed by atoms with E-state index in [4.69, 9.17) is 9.47 Å². The number of hydrogen-bond donors (Lipinski definition) is 1. The molecule has 0 heterocycles. The van der Waals surface area contributed by atoms with Crippen LogP contribution < -0.4 is 19.7 Å². The SMILES string of the molecule is COc1ccc(N(CCNC(=O)C(C)C)C(C)=O)cc1OC. The van der Waals surface area contributed by atoms with Crippen LogP contribution in [0.4, 0.5) is 5.69 Å². The first-order valence-corrected chi connectivity index (χ1v) is 7.18. The summed E-state index contributed by atoms with van der Waals surface area (Å²) in [5.41, 5.74) is 0.698. The molecule has 0 radical (unpaired) electrons. The Kier molecular flexibility index (Phi) is 6.69. The van der Waals surface area contributed by atoms with Crippen molar-refractivity contribution in [1.29, 1.82) is 0 Å². The highest BCUT2D eigenvalue weighted by atomic mass is 16.5. The van der Waals surface area contributed by atoms with Gasteiger partial charge in [-0.2, -0.15) is 0 Å². The number of hydrogen-bond acceptors (Lipinski definition) is 4. The Morgan fingerprint density at radius 3 is 2.32 bits per heavy atom. The van der Waals surface area contributed by atoms with Crippen molar-refractivity contribution in [3.05, 3.63) is 18.2 Å². The van der Waals surface area contributed by atoms with E-state index < -0.39 is 0 Å². The average molecular weight is 308 g/mol. The number of amides is 2. The molecular formula is C16H24N2O4. The quantitative estimate of drug-likeness (QED) is 0.834. The molecule has 6 nitrogen and oxygen atoms in total. The molecule has 0 aromatic heterocycles. The van der Waals surface area contributed by atoms with Gasteiger partial charge in [0.05, 0.1) is 14.2 Å². The van der Waals surface area contributed by atoms with Crippen LogP contribution >= 0.6 is 0 Å². The Bertz CT molecular complexity index is 529. The van der Waals surface area contributed by atoms with Gasteiger partial charge in [-0.1, -0.05) is 13.8 Å². The highest BCUT2D eigenvalue weighted by Gasteiger charge is 2.15. The largest absolute Gasteiger partial charge is 0.493 e. The lowest BCUT2D eigenvalue weighted by molar-refractivity contribution is -0.124. The minimum Gasteiger partial charge on any atom is -0.493 e. The maximum atomic E-state index is 11.8. The Balaban J connectivity index is 2.83. The Morgan fingerprint density at radius 1 is 1.18 bits per heavy atom. The summed E-state index contributed by atoms with van der Waals surface area (Å²) < 4.78 is 10.4. The molecule has 1 aromatic rings. The minimum atomic E-state index is -0.106. The maximum Gasteiger partial charge on any atom is 0.223 e. The topological polar surface area (TPSA) is 67.9 Å². The lowest BCUT2D eigenvalue weighted by Crippen LogP contribution is -2.38. The number of methoxy groups -OCH3 is 2. The number of anilines is 1. The molecule has 0 saturated carbocycles. The van der Waals surface area contributed by atoms with Crippen molar-refractivity contribution >= 4 is 17.5 Å². The Morgan fingerprint density at radius 2 is 1.82 bits per heavy atom. The molecular weight excluding hydrogens is 284 g/mol. The molecule has 2 amide bonds. The molecule has 122 valence electrons. The number of carbonyl (C=O) groups excluding carboxylic acids is 2. The van der Waals surface area contributed by atoms with Gasteiger partial charge in [0.15, 0.2) is 11.5 Å². The lowest BCUT2D eigenvalue weighted by Gasteiger charge is -2.22. The monoisotopic (exact) mass is 308 g/mol. The fourth-order valence-electron chi connectivity index (χ4n) is 1.96. The summed E-state index contributed by atoms with van der Waals surface area (Å²) in [6.07, 6.45) is 0. The molecule has 1 aromatic carbocycles. The Labute approximate surface area is 131 Å². The van der Waals surface area contributed by atoms with Gasteiger partial charge in [-0.05, 0) is 12.1 Å². The van der Waals surface area contributed by atoms with Crippen LogP contribution in [0.3, 0.4) is 0 Å². The molecule has 0 spiro atoms. The van der Waals surface area contributed by atoms with Crippen LogP contribution in [0, 0.1) is 5.92 Å². The molecule has 0 fully saturated rings. The fraction of sp³-hybridized carbons (Fsp3) is 0.500. The summed E-state index contributed by atoms with van der Waals surface area (Å²) in [7, 11) is 3.10. The summed E-state index contributed by atoms with van der Waals surface area (Å²) in [6.45, 7) is 5.92. The highest BCUT2D eigenvalue weighted by Crippen LogP contribution is 2.31. The third-order valence-corrected chi connectivity index (χ3v) is 3.22.